The van der Waals surface area contributed by atoms with Crippen molar-refractivity contribution < 1.29 is 23.8 Å². The number of hydrogen-bond donors (Lipinski definition) is 0. The Morgan fingerprint density at radius 2 is 1.83 bits per heavy atom. The number of para-hydroxylation sites is 1. The summed E-state index contributed by atoms with van der Waals surface area (Å²) in [6.45, 7) is 3.52. The number of methoxy groups -OCH3 is 2. The summed E-state index contributed by atoms with van der Waals surface area (Å²) in [6, 6.07) is 7.60. The average molecular weight is 415 g/mol. The lowest BCUT2D eigenvalue weighted by Gasteiger charge is -2.24. The number of esters is 1. The van der Waals surface area contributed by atoms with E-state index in [4.69, 9.17) is 19.2 Å². The van der Waals surface area contributed by atoms with Crippen molar-refractivity contribution in [3.05, 3.63) is 41.1 Å². The highest BCUT2D eigenvalue weighted by molar-refractivity contribution is 6.05. The molecule has 7 heteroatoms. The lowest BCUT2D eigenvalue weighted by Crippen LogP contribution is -2.39. The highest BCUT2D eigenvalue weighted by atomic mass is 16.5. The molecule has 3 rings (SSSR count). The highest BCUT2D eigenvalue weighted by Crippen LogP contribution is 2.32. The summed E-state index contributed by atoms with van der Waals surface area (Å²) in [4.78, 5) is 32.1. The zero-order valence-electron chi connectivity index (χ0n) is 18.0. The topological polar surface area (TPSA) is 78.0 Å². The molecule has 0 unspecified atom stereocenters. The molecule has 0 radical (unpaired) electrons. The van der Waals surface area contributed by atoms with Crippen molar-refractivity contribution >= 4 is 22.8 Å². The fraction of sp³-hybridized carbons (Fsp3) is 0.522. The van der Waals surface area contributed by atoms with E-state index in [1.807, 2.05) is 24.3 Å². The second kappa shape index (κ2) is 10.5. The lowest BCUT2D eigenvalue weighted by molar-refractivity contribution is -0.135. The SMILES string of the molecule is COCCN(CCOC)C(=O)COC(=O)c1c2c(nc3ccccc13)CC[C@H](C)C2. The van der Waals surface area contributed by atoms with Gasteiger partial charge in [-0.25, -0.2) is 4.79 Å². The maximum atomic E-state index is 13.1. The Kier molecular flexibility index (Phi) is 7.76. The Morgan fingerprint density at radius 3 is 2.53 bits per heavy atom. The minimum Gasteiger partial charge on any atom is -0.452 e. The predicted octanol–water partition coefficient (Wildman–Crippen LogP) is 2.64. The van der Waals surface area contributed by atoms with Crippen LogP contribution in [-0.2, 0) is 31.8 Å². The number of carbonyl (C=O) groups excluding carboxylic acids is 2. The molecule has 1 amide bonds. The minimum atomic E-state index is -0.467. The third kappa shape index (κ3) is 5.15. The van der Waals surface area contributed by atoms with Crippen LogP contribution in [0.3, 0.4) is 0 Å². The van der Waals surface area contributed by atoms with E-state index in [2.05, 4.69) is 6.92 Å². The van der Waals surface area contributed by atoms with Crippen LogP contribution in [-0.4, -0.2) is 68.9 Å². The quantitative estimate of drug-likeness (QED) is 0.587. The van der Waals surface area contributed by atoms with Crippen LogP contribution in [0.1, 0.15) is 35.0 Å². The molecule has 1 aliphatic rings. The van der Waals surface area contributed by atoms with Crippen LogP contribution in [0, 0.1) is 5.92 Å². The van der Waals surface area contributed by atoms with Crippen molar-refractivity contribution in [1.29, 1.82) is 0 Å². The second-order valence-electron chi connectivity index (χ2n) is 7.72. The van der Waals surface area contributed by atoms with Crippen LogP contribution in [0.2, 0.25) is 0 Å². The van der Waals surface area contributed by atoms with Gasteiger partial charge in [-0.05, 0) is 36.8 Å². The van der Waals surface area contributed by atoms with Gasteiger partial charge >= 0.3 is 5.97 Å². The molecule has 0 bridgehead atoms. The number of carbonyl (C=O) groups is 2. The van der Waals surface area contributed by atoms with Crippen LogP contribution >= 0.6 is 0 Å². The van der Waals surface area contributed by atoms with Crippen LogP contribution in [0.15, 0.2) is 24.3 Å². The molecule has 0 spiro atoms. The standard InChI is InChI=1S/C23H30N2O5/c1-16-8-9-20-18(14-16)22(17-6-4-5-7-19(17)24-20)23(27)30-15-21(26)25(10-12-28-2)11-13-29-3/h4-7,16H,8-15H2,1-3H3/t16-/m0/s1. The smallest absolute Gasteiger partial charge is 0.339 e. The molecule has 7 nitrogen and oxygen atoms in total. The summed E-state index contributed by atoms with van der Waals surface area (Å²) < 4.78 is 15.6. The van der Waals surface area contributed by atoms with E-state index in [0.717, 1.165) is 41.4 Å². The van der Waals surface area contributed by atoms with Crippen molar-refractivity contribution in [3.8, 4) is 0 Å². The van der Waals surface area contributed by atoms with Gasteiger partial charge in [0.25, 0.3) is 5.91 Å². The van der Waals surface area contributed by atoms with Crippen molar-refractivity contribution in [1.82, 2.24) is 9.88 Å². The monoisotopic (exact) mass is 414 g/mol. The Bertz CT molecular complexity index is 891. The average Bonchev–Trinajstić information content (AvgIpc) is 2.75. The number of aromatic nitrogens is 1. The first kappa shape index (κ1) is 22.2. The number of nitrogens with zero attached hydrogens (tertiary/aromatic N) is 2. The lowest BCUT2D eigenvalue weighted by atomic mass is 9.84. The molecule has 1 aromatic heterocycles. The summed E-state index contributed by atoms with van der Waals surface area (Å²) in [7, 11) is 3.16. The summed E-state index contributed by atoms with van der Waals surface area (Å²) in [5.41, 5.74) is 3.26. The van der Waals surface area contributed by atoms with Crippen molar-refractivity contribution in [2.45, 2.75) is 26.2 Å². The number of pyridine rings is 1. The molecule has 2 aromatic rings. The summed E-state index contributed by atoms with van der Waals surface area (Å²) in [5, 5.41) is 0.776. The molecule has 1 heterocycles. The Balaban J connectivity index is 1.81. The van der Waals surface area contributed by atoms with E-state index >= 15 is 0 Å². The summed E-state index contributed by atoms with van der Waals surface area (Å²) in [6.07, 6.45) is 2.70. The largest absolute Gasteiger partial charge is 0.452 e. The number of hydrogen-bond acceptors (Lipinski definition) is 6. The van der Waals surface area contributed by atoms with Gasteiger partial charge in [0, 0.05) is 38.4 Å². The van der Waals surface area contributed by atoms with E-state index in [0.29, 0.717) is 37.8 Å². The van der Waals surface area contributed by atoms with Crippen LogP contribution in [0.25, 0.3) is 10.9 Å². The Labute approximate surface area is 177 Å². The fourth-order valence-corrected chi connectivity index (χ4v) is 3.85. The molecule has 1 aliphatic carbocycles. The van der Waals surface area contributed by atoms with Crippen LogP contribution in [0.5, 0.6) is 0 Å². The zero-order valence-corrected chi connectivity index (χ0v) is 18.0. The highest BCUT2D eigenvalue weighted by Gasteiger charge is 2.27. The Morgan fingerprint density at radius 1 is 1.13 bits per heavy atom. The second-order valence-corrected chi connectivity index (χ2v) is 7.72. The summed E-state index contributed by atoms with van der Waals surface area (Å²) >= 11 is 0. The van der Waals surface area contributed by atoms with Gasteiger partial charge in [-0.3, -0.25) is 9.78 Å². The third-order valence-corrected chi connectivity index (χ3v) is 5.52. The third-order valence-electron chi connectivity index (χ3n) is 5.52. The molecule has 1 atom stereocenters. The number of rotatable bonds is 9. The number of ether oxygens (including phenoxy) is 3. The fourth-order valence-electron chi connectivity index (χ4n) is 3.85. The first-order chi connectivity index (χ1) is 14.5. The van der Waals surface area contributed by atoms with Gasteiger partial charge in [-0.2, -0.15) is 0 Å². The van der Waals surface area contributed by atoms with Gasteiger partial charge in [-0.15, -0.1) is 0 Å². The number of benzene rings is 1. The normalized spacial score (nSPS) is 15.6. The van der Waals surface area contributed by atoms with E-state index in [9.17, 15) is 9.59 Å². The molecule has 0 N–H and O–H groups in total. The molecule has 162 valence electrons. The maximum Gasteiger partial charge on any atom is 0.339 e. The van der Waals surface area contributed by atoms with Gasteiger partial charge < -0.3 is 19.1 Å². The summed E-state index contributed by atoms with van der Waals surface area (Å²) in [5.74, 6) is -0.254. The molecule has 0 saturated carbocycles. The minimum absolute atomic E-state index is 0.266. The van der Waals surface area contributed by atoms with Crippen molar-refractivity contribution in [2.24, 2.45) is 5.92 Å². The van der Waals surface area contributed by atoms with E-state index in [1.54, 1.807) is 19.1 Å². The van der Waals surface area contributed by atoms with Crippen molar-refractivity contribution in [2.75, 3.05) is 47.1 Å². The molecule has 30 heavy (non-hydrogen) atoms. The maximum absolute atomic E-state index is 13.1. The molecular formula is C23H30N2O5. The molecule has 0 aliphatic heterocycles. The number of aryl methyl sites for hydroxylation is 1. The molecule has 1 aromatic carbocycles. The van der Waals surface area contributed by atoms with Gasteiger partial charge in [-0.1, -0.05) is 25.1 Å². The van der Waals surface area contributed by atoms with Crippen molar-refractivity contribution in [3.63, 3.8) is 0 Å². The molecule has 0 saturated heterocycles. The molecule has 0 fully saturated rings. The van der Waals surface area contributed by atoms with Crippen LogP contribution < -0.4 is 0 Å². The van der Waals surface area contributed by atoms with Gasteiger partial charge in [0.2, 0.25) is 0 Å². The number of amides is 1. The van der Waals surface area contributed by atoms with Gasteiger partial charge in [0.05, 0.1) is 24.3 Å². The van der Waals surface area contributed by atoms with Gasteiger partial charge in [0.15, 0.2) is 6.61 Å². The first-order valence-corrected chi connectivity index (χ1v) is 10.4. The molecular weight excluding hydrogens is 384 g/mol. The predicted molar refractivity (Wildman–Crippen MR) is 114 cm³/mol. The van der Waals surface area contributed by atoms with E-state index in [-0.39, 0.29) is 12.5 Å². The van der Waals surface area contributed by atoms with Gasteiger partial charge in [0.1, 0.15) is 0 Å². The van der Waals surface area contributed by atoms with Crippen LogP contribution in [0.4, 0.5) is 0 Å². The Hall–Kier alpha value is -2.51. The first-order valence-electron chi connectivity index (χ1n) is 10.4. The van der Waals surface area contributed by atoms with E-state index < -0.39 is 5.97 Å². The zero-order chi connectivity index (χ0) is 21.5. The van der Waals surface area contributed by atoms with E-state index in [1.165, 1.54) is 0 Å². The number of fused-ring (bicyclic) bond motifs is 2.